The Morgan fingerprint density at radius 3 is 2.76 bits per heavy atom. The van der Waals surface area contributed by atoms with Gasteiger partial charge < -0.3 is 5.32 Å². The Morgan fingerprint density at radius 2 is 2.18 bits per heavy atom. The van der Waals surface area contributed by atoms with Crippen LogP contribution in [0.25, 0.3) is 0 Å². The Morgan fingerprint density at radius 1 is 1.35 bits per heavy atom. The van der Waals surface area contributed by atoms with Crippen molar-refractivity contribution in [2.45, 2.75) is 39.0 Å². The van der Waals surface area contributed by atoms with Crippen molar-refractivity contribution >= 4 is 0 Å². The number of hydrogen-bond acceptors (Lipinski definition) is 1. The van der Waals surface area contributed by atoms with Gasteiger partial charge in [-0.15, -0.1) is 0 Å². The summed E-state index contributed by atoms with van der Waals surface area (Å²) in [6.45, 7) is 4.36. The van der Waals surface area contributed by atoms with Gasteiger partial charge in [0.05, 0.1) is 0 Å². The van der Waals surface area contributed by atoms with Gasteiger partial charge in [0.1, 0.15) is 5.82 Å². The summed E-state index contributed by atoms with van der Waals surface area (Å²) in [7, 11) is 0. The number of benzene rings is 1. The van der Waals surface area contributed by atoms with Gasteiger partial charge in [-0.1, -0.05) is 25.5 Å². The van der Waals surface area contributed by atoms with Crippen LogP contribution in [-0.4, -0.2) is 13.1 Å². The van der Waals surface area contributed by atoms with Gasteiger partial charge in [0.15, 0.2) is 0 Å². The van der Waals surface area contributed by atoms with Crippen LogP contribution in [0.15, 0.2) is 24.3 Å². The van der Waals surface area contributed by atoms with Gasteiger partial charge in [-0.05, 0) is 55.3 Å². The van der Waals surface area contributed by atoms with E-state index in [0.717, 1.165) is 25.1 Å². The molecule has 94 valence electrons. The van der Waals surface area contributed by atoms with Crippen molar-refractivity contribution < 1.29 is 4.39 Å². The minimum atomic E-state index is -0.113. The Balaban J connectivity index is 1.94. The van der Waals surface area contributed by atoms with Crippen LogP contribution in [0.2, 0.25) is 0 Å². The molecule has 1 aromatic rings. The second-order valence-corrected chi connectivity index (χ2v) is 5.34. The average molecular weight is 235 g/mol. The van der Waals surface area contributed by atoms with Gasteiger partial charge in [-0.25, -0.2) is 4.39 Å². The number of rotatable bonds is 6. The standard InChI is InChI=1S/C15H22FN/c1-2-9-17-12-15(7-4-8-15)11-13-5-3-6-14(16)10-13/h3,5-6,10,17H,2,4,7-9,11-12H2,1H3. The molecule has 1 aliphatic carbocycles. The third kappa shape index (κ3) is 3.29. The van der Waals surface area contributed by atoms with Crippen molar-refractivity contribution in [2.24, 2.45) is 5.41 Å². The first-order valence-corrected chi connectivity index (χ1v) is 6.69. The molecule has 0 aromatic heterocycles. The lowest BCUT2D eigenvalue weighted by Crippen LogP contribution is -2.41. The van der Waals surface area contributed by atoms with Crippen LogP contribution in [-0.2, 0) is 6.42 Å². The maximum Gasteiger partial charge on any atom is 0.123 e. The van der Waals surface area contributed by atoms with Crippen LogP contribution < -0.4 is 5.32 Å². The maximum atomic E-state index is 13.2. The van der Waals surface area contributed by atoms with Crippen molar-refractivity contribution in [3.8, 4) is 0 Å². The van der Waals surface area contributed by atoms with E-state index in [4.69, 9.17) is 0 Å². The SMILES string of the molecule is CCCNCC1(Cc2cccc(F)c2)CCC1. The monoisotopic (exact) mass is 235 g/mol. The molecule has 1 nitrogen and oxygen atoms in total. The van der Waals surface area contributed by atoms with E-state index in [0.29, 0.717) is 5.41 Å². The van der Waals surface area contributed by atoms with E-state index in [-0.39, 0.29) is 5.82 Å². The lowest BCUT2D eigenvalue weighted by Gasteiger charge is -2.42. The molecule has 1 saturated carbocycles. The molecule has 0 heterocycles. The summed E-state index contributed by atoms with van der Waals surface area (Å²) >= 11 is 0. The predicted molar refractivity (Wildman–Crippen MR) is 69.5 cm³/mol. The highest BCUT2D eigenvalue weighted by atomic mass is 19.1. The normalized spacial score (nSPS) is 17.8. The Kier molecular flexibility index (Phi) is 4.16. The van der Waals surface area contributed by atoms with E-state index in [2.05, 4.69) is 12.2 Å². The fourth-order valence-corrected chi connectivity index (χ4v) is 2.70. The zero-order valence-corrected chi connectivity index (χ0v) is 10.6. The zero-order chi connectivity index (χ0) is 12.1. The van der Waals surface area contributed by atoms with Crippen molar-refractivity contribution in [1.29, 1.82) is 0 Å². The van der Waals surface area contributed by atoms with Crippen LogP contribution >= 0.6 is 0 Å². The first-order valence-electron chi connectivity index (χ1n) is 6.69. The molecule has 0 atom stereocenters. The summed E-state index contributed by atoms with van der Waals surface area (Å²) in [5.74, 6) is -0.113. The molecule has 0 spiro atoms. The van der Waals surface area contributed by atoms with Crippen LogP contribution in [0.5, 0.6) is 0 Å². The van der Waals surface area contributed by atoms with E-state index in [1.807, 2.05) is 12.1 Å². The molecule has 0 saturated heterocycles. The molecule has 17 heavy (non-hydrogen) atoms. The molecule has 1 aliphatic rings. The molecule has 1 aromatic carbocycles. The number of hydrogen-bond donors (Lipinski definition) is 1. The van der Waals surface area contributed by atoms with E-state index in [1.54, 1.807) is 6.07 Å². The van der Waals surface area contributed by atoms with E-state index in [9.17, 15) is 4.39 Å². The van der Waals surface area contributed by atoms with Gasteiger partial charge in [-0.2, -0.15) is 0 Å². The summed E-state index contributed by atoms with van der Waals surface area (Å²) < 4.78 is 13.2. The van der Waals surface area contributed by atoms with Crippen molar-refractivity contribution in [3.05, 3.63) is 35.6 Å². The molecule has 0 aliphatic heterocycles. The number of halogens is 1. The van der Waals surface area contributed by atoms with E-state index in [1.165, 1.54) is 31.7 Å². The van der Waals surface area contributed by atoms with Crippen LogP contribution in [0, 0.1) is 11.2 Å². The molecule has 0 unspecified atom stereocenters. The van der Waals surface area contributed by atoms with Crippen molar-refractivity contribution in [1.82, 2.24) is 5.32 Å². The molecule has 0 radical (unpaired) electrons. The lowest BCUT2D eigenvalue weighted by molar-refractivity contribution is 0.130. The summed E-state index contributed by atoms with van der Waals surface area (Å²) in [6, 6.07) is 7.06. The topological polar surface area (TPSA) is 12.0 Å². The average Bonchev–Trinajstić information content (AvgIpc) is 2.26. The molecular weight excluding hydrogens is 213 g/mol. The smallest absolute Gasteiger partial charge is 0.123 e. The minimum absolute atomic E-state index is 0.113. The maximum absolute atomic E-state index is 13.2. The zero-order valence-electron chi connectivity index (χ0n) is 10.6. The highest BCUT2D eigenvalue weighted by Crippen LogP contribution is 2.43. The Labute approximate surface area is 103 Å². The van der Waals surface area contributed by atoms with Crippen LogP contribution in [0.1, 0.15) is 38.2 Å². The lowest BCUT2D eigenvalue weighted by atomic mass is 9.65. The Bertz CT molecular complexity index is 358. The highest BCUT2D eigenvalue weighted by molar-refractivity contribution is 5.19. The molecular formula is C15H22FN. The third-order valence-corrected chi connectivity index (χ3v) is 3.81. The van der Waals surface area contributed by atoms with Crippen LogP contribution in [0.4, 0.5) is 4.39 Å². The summed E-state index contributed by atoms with van der Waals surface area (Å²) in [5.41, 5.74) is 1.53. The second-order valence-electron chi connectivity index (χ2n) is 5.34. The summed E-state index contributed by atoms with van der Waals surface area (Å²) in [6.07, 6.45) is 6.07. The molecule has 0 bridgehead atoms. The predicted octanol–water partition coefficient (Wildman–Crippen LogP) is 3.54. The Hall–Kier alpha value is -0.890. The van der Waals surface area contributed by atoms with E-state index >= 15 is 0 Å². The quantitative estimate of drug-likeness (QED) is 0.744. The van der Waals surface area contributed by atoms with Crippen LogP contribution in [0.3, 0.4) is 0 Å². The van der Waals surface area contributed by atoms with Crippen molar-refractivity contribution in [3.63, 3.8) is 0 Å². The molecule has 1 N–H and O–H groups in total. The molecule has 2 rings (SSSR count). The number of nitrogens with one attached hydrogen (secondary N) is 1. The fourth-order valence-electron chi connectivity index (χ4n) is 2.70. The molecule has 2 heteroatoms. The van der Waals surface area contributed by atoms with Gasteiger partial charge in [0.2, 0.25) is 0 Å². The third-order valence-electron chi connectivity index (χ3n) is 3.81. The summed E-state index contributed by atoms with van der Waals surface area (Å²) in [5, 5.41) is 3.52. The first-order chi connectivity index (χ1) is 8.24. The van der Waals surface area contributed by atoms with E-state index < -0.39 is 0 Å². The summed E-state index contributed by atoms with van der Waals surface area (Å²) in [4.78, 5) is 0. The molecule has 0 amide bonds. The van der Waals surface area contributed by atoms with Gasteiger partial charge in [0.25, 0.3) is 0 Å². The van der Waals surface area contributed by atoms with Crippen molar-refractivity contribution in [2.75, 3.05) is 13.1 Å². The van der Waals surface area contributed by atoms with Gasteiger partial charge in [-0.3, -0.25) is 0 Å². The molecule has 1 fully saturated rings. The second kappa shape index (κ2) is 5.63. The van der Waals surface area contributed by atoms with Gasteiger partial charge in [0, 0.05) is 6.54 Å². The largest absolute Gasteiger partial charge is 0.316 e. The first kappa shape index (κ1) is 12.6. The fraction of sp³-hybridized carbons (Fsp3) is 0.600. The minimum Gasteiger partial charge on any atom is -0.316 e. The van der Waals surface area contributed by atoms with Gasteiger partial charge >= 0.3 is 0 Å². The highest BCUT2D eigenvalue weighted by Gasteiger charge is 2.36.